The van der Waals surface area contributed by atoms with Crippen molar-refractivity contribution in [2.24, 2.45) is 0 Å². The lowest BCUT2D eigenvalue weighted by Gasteiger charge is -2.29. The largest absolute Gasteiger partial charge is 0.344 e. The van der Waals surface area contributed by atoms with Crippen molar-refractivity contribution in [3.8, 4) is 0 Å². The lowest BCUT2D eigenvalue weighted by atomic mass is 10.1. The normalized spacial score (nSPS) is 14.4. The number of rotatable bonds is 6. The first-order chi connectivity index (χ1) is 13.7. The van der Waals surface area contributed by atoms with Crippen LogP contribution in [-0.2, 0) is 9.59 Å². The summed E-state index contributed by atoms with van der Waals surface area (Å²) in [7, 11) is 0. The van der Waals surface area contributed by atoms with Crippen LogP contribution in [0.5, 0.6) is 0 Å². The van der Waals surface area contributed by atoms with Gasteiger partial charge in [-0.1, -0.05) is 48.5 Å². The number of carbonyl (C=O) groups is 2. The Kier molecular flexibility index (Phi) is 5.78. The highest BCUT2D eigenvalue weighted by Crippen LogP contribution is 2.35. The maximum absolute atomic E-state index is 12.7. The molecule has 2 aromatic carbocycles. The number of amides is 2. The summed E-state index contributed by atoms with van der Waals surface area (Å²) in [5.74, 6) is 0.403. The van der Waals surface area contributed by atoms with E-state index < -0.39 is 0 Å². The zero-order valence-corrected chi connectivity index (χ0v) is 16.8. The lowest BCUT2D eigenvalue weighted by Crippen LogP contribution is -2.39. The Hall–Kier alpha value is -2.57. The van der Waals surface area contributed by atoms with Crippen molar-refractivity contribution in [2.45, 2.75) is 17.4 Å². The van der Waals surface area contributed by atoms with Crippen molar-refractivity contribution in [1.82, 2.24) is 5.32 Å². The minimum atomic E-state index is -0.173. The molecule has 142 valence electrons. The average Bonchev–Trinajstić information content (AvgIpc) is 3.26. The monoisotopic (exact) mass is 408 g/mol. The van der Waals surface area contributed by atoms with Gasteiger partial charge in [-0.3, -0.25) is 9.59 Å². The van der Waals surface area contributed by atoms with Gasteiger partial charge in [-0.2, -0.15) is 0 Å². The van der Waals surface area contributed by atoms with Crippen LogP contribution in [0.25, 0.3) is 0 Å². The van der Waals surface area contributed by atoms with E-state index >= 15 is 0 Å². The molecule has 1 aromatic heterocycles. The molecular formula is C22H20N2O2S2. The number of benzene rings is 2. The molecule has 0 fully saturated rings. The summed E-state index contributed by atoms with van der Waals surface area (Å²) in [6, 6.07) is 21.7. The number of nitrogens with zero attached hydrogens (tertiary/aromatic N) is 1. The molecule has 4 rings (SSSR count). The molecule has 3 aromatic rings. The van der Waals surface area contributed by atoms with Crippen LogP contribution in [-0.4, -0.2) is 24.1 Å². The molecule has 0 radical (unpaired) electrons. The standard InChI is InChI=1S/C22H20N2O2S2/c25-20(12-13-24-17-9-4-5-10-18(17)28-15-21(24)26)23-22(19-11-6-14-27-19)16-7-2-1-3-8-16/h1-11,14,22H,12-13,15H2,(H,23,25). The number of fused-ring (bicyclic) bond motifs is 1. The molecule has 28 heavy (non-hydrogen) atoms. The van der Waals surface area contributed by atoms with Crippen LogP contribution in [0.1, 0.15) is 22.9 Å². The van der Waals surface area contributed by atoms with Gasteiger partial charge in [0.25, 0.3) is 0 Å². The molecule has 0 spiro atoms. The summed E-state index contributed by atoms with van der Waals surface area (Å²) in [5, 5.41) is 5.15. The molecule has 0 saturated carbocycles. The van der Waals surface area contributed by atoms with Crippen LogP contribution in [0.15, 0.2) is 77.0 Å². The van der Waals surface area contributed by atoms with E-state index in [1.807, 2.05) is 72.1 Å². The van der Waals surface area contributed by atoms with Gasteiger partial charge in [0.1, 0.15) is 0 Å². The Balaban J connectivity index is 1.46. The molecule has 1 aliphatic rings. The number of nitrogens with one attached hydrogen (secondary N) is 1. The summed E-state index contributed by atoms with van der Waals surface area (Å²) >= 11 is 3.17. The third-order valence-corrected chi connectivity index (χ3v) is 6.62. The average molecular weight is 409 g/mol. The van der Waals surface area contributed by atoms with Gasteiger partial charge in [-0.15, -0.1) is 23.1 Å². The Labute approximate surface area is 172 Å². The van der Waals surface area contributed by atoms with E-state index in [1.165, 1.54) is 0 Å². The van der Waals surface area contributed by atoms with Crippen LogP contribution in [0.2, 0.25) is 0 Å². The highest BCUT2D eigenvalue weighted by Gasteiger charge is 2.25. The Morgan fingerprint density at radius 2 is 1.82 bits per heavy atom. The van der Waals surface area contributed by atoms with Crippen LogP contribution in [0, 0.1) is 0 Å². The number of hydrogen-bond acceptors (Lipinski definition) is 4. The van der Waals surface area contributed by atoms with E-state index in [2.05, 4.69) is 5.32 Å². The summed E-state index contributed by atoms with van der Waals surface area (Å²) in [5.41, 5.74) is 1.95. The van der Waals surface area contributed by atoms with Gasteiger partial charge in [0.2, 0.25) is 11.8 Å². The lowest BCUT2D eigenvalue weighted by molar-refractivity contribution is -0.121. The molecule has 0 bridgehead atoms. The van der Waals surface area contributed by atoms with Gasteiger partial charge in [-0.25, -0.2) is 0 Å². The molecule has 1 atom stereocenters. The molecule has 0 saturated heterocycles. The summed E-state index contributed by atoms with van der Waals surface area (Å²) in [6.07, 6.45) is 0.263. The molecule has 1 unspecified atom stereocenters. The minimum Gasteiger partial charge on any atom is -0.344 e. The number of para-hydroxylation sites is 1. The first-order valence-corrected chi connectivity index (χ1v) is 11.0. The van der Waals surface area contributed by atoms with Gasteiger partial charge in [0, 0.05) is 22.7 Å². The molecule has 2 heterocycles. The van der Waals surface area contributed by atoms with E-state index in [4.69, 9.17) is 0 Å². The highest BCUT2D eigenvalue weighted by atomic mass is 32.2. The topological polar surface area (TPSA) is 49.4 Å². The van der Waals surface area contributed by atoms with E-state index in [1.54, 1.807) is 28.0 Å². The van der Waals surface area contributed by atoms with Crippen LogP contribution < -0.4 is 10.2 Å². The Morgan fingerprint density at radius 3 is 2.61 bits per heavy atom. The third-order valence-electron chi connectivity index (χ3n) is 4.64. The predicted octanol–water partition coefficient (Wildman–Crippen LogP) is 4.48. The Bertz CT molecular complexity index is 958. The molecule has 0 aliphatic carbocycles. The maximum Gasteiger partial charge on any atom is 0.237 e. The van der Waals surface area contributed by atoms with Gasteiger partial charge in [-0.05, 0) is 29.1 Å². The molecular weight excluding hydrogens is 388 g/mol. The zero-order valence-electron chi connectivity index (χ0n) is 15.2. The van der Waals surface area contributed by atoms with Gasteiger partial charge < -0.3 is 10.2 Å². The maximum atomic E-state index is 12.7. The van der Waals surface area contributed by atoms with Crippen molar-refractivity contribution < 1.29 is 9.59 Å². The van der Waals surface area contributed by atoms with E-state index in [-0.39, 0.29) is 24.3 Å². The number of thiophene rings is 1. The van der Waals surface area contributed by atoms with E-state index in [0.29, 0.717) is 12.3 Å². The smallest absolute Gasteiger partial charge is 0.237 e. The van der Waals surface area contributed by atoms with Crippen molar-refractivity contribution in [1.29, 1.82) is 0 Å². The SMILES string of the molecule is O=C(CCN1C(=O)CSc2ccccc21)NC(c1ccccc1)c1cccs1. The molecule has 4 nitrogen and oxygen atoms in total. The van der Waals surface area contributed by atoms with Crippen molar-refractivity contribution in [3.05, 3.63) is 82.6 Å². The fraction of sp³-hybridized carbons (Fsp3) is 0.182. The first kappa shape index (κ1) is 18.8. The van der Waals surface area contributed by atoms with Gasteiger partial charge >= 0.3 is 0 Å². The summed E-state index contributed by atoms with van der Waals surface area (Å²) < 4.78 is 0. The van der Waals surface area contributed by atoms with Crippen LogP contribution in [0.4, 0.5) is 5.69 Å². The fourth-order valence-electron chi connectivity index (χ4n) is 3.27. The number of carbonyl (C=O) groups excluding carboxylic acids is 2. The van der Waals surface area contributed by atoms with E-state index in [9.17, 15) is 9.59 Å². The quantitative estimate of drug-likeness (QED) is 0.654. The molecule has 2 amide bonds. The number of anilines is 1. The molecule has 1 aliphatic heterocycles. The second-order valence-electron chi connectivity index (χ2n) is 6.48. The van der Waals surface area contributed by atoms with E-state index in [0.717, 1.165) is 21.0 Å². The second kappa shape index (κ2) is 8.63. The Morgan fingerprint density at radius 1 is 1.04 bits per heavy atom. The summed E-state index contributed by atoms with van der Waals surface area (Å²) in [4.78, 5) is 29.0. The number of hydrogen-bond donors (Lipinski definition) is 1. The minimum absolute atomic E-state index is 0.0503. The molecule has 1 N–H and O–H groups in total. The van der Waals surface area contributed by atoms with Crippen LogP contribution >= 0.6 is 23.1 Å². The first-order valence-electron chi connectivity index (χ1n) is 9.12. The molecule has 6 heteroatoms. The van der Waals surface area contributed by atoms with Crippen molar-refractivity contribution in [3.63, 3.8) is 0 Å². The third kappa shape index (κ3) is 4.13. The zero-order chi connectivity index (χ0) is 19.3. The van der Waals surface area contributed by atoms with Gasteiger partial charge in [0.15, 0.2) is 0 Å². The van der Waals surface area contributed by atoms with Crippen LogP contribution in [0.3, 0.4) is 0 Å². The summed E-state index contributed by atoms with van der Waals surface area (Å²) in [6.45, 7) is 0.383. The van der Waals surface area contributed by atoms with Crippen molar-refractivity contribution in [2.75, 3.05) is 17.2 Å². The number of thioether (sulfide) groups is 1. The fourth-order valence-corrected chi connectivity index (χ4v) is 5.00. The highest BCUT2D eigenvalue weighted by molar-refractivity contribution is 8.00. The van der Waals surface area contributed by atoms with Crippen molar-refractivity contribution >= 4 is 40.6 Å². The second-order valence-corrected chi connectivity index (χ2v) is 8.47. The van der Waals surface area contributed by atoms with Gasteiger partial charge in [0.05, 0.1) is 17.5 Å². The predicted molar refractivity (Wildman–Crippen MR) is 115 cm³/mol.